The van der Waals surface area contributed by atoms with Gasteiger partial charge in [0.25, 0.3) is 0 Å². The number of aromatic nitrogens is 1. The maximum atomic E-state index is 11.8. The molecule has 110 valence electrons. The van der Waals surface area contributed by atoms with E-state index in [-0.39, 0.29) is 6.03 Å². The van der Waals surface area contributed by atoms with Crippen molar-refractivity contribution in [2.24, 2.45) is 0 Å². The Balaban J connectivity index is 0.000000225. The van der Waals surface area contributed by atoms with Crippen LogP contribution in [0.15, 0.2) is 60.9 Å². The monoisotopic (exact) mass is 284 g/mol. The number of nitrogens with one attached hydrogen (secondary N) is 2. The van der Waals surface area contributed by atoms with Gasteiger partial charge in [0, 0.05) is 44.3 Å². The number of urea groups is 1. The first-order chi connectivity index (χ1) is 10.4. The van der Waals surface area contributed by atoms with Crippen LogP contribution in [0.4, 0.5) is 10.5 Å². The summed E-state index contributed by atoms with van der Waals surface area (Å²) in [6, 6.07) is 15.2. The van der Waals surface area contributed by atoms with Crippen molar-refractivity contribution in [3.63, 3.8) is 0 Å². The second-order valence-electron chi connectivity index (χ2n) is 4.56. The van der Waals surface area contributed by atoms with E-state index < -0.39 is 0 Å². The smallest absolute Gasteiger partial charge is 0.321 e. The fourth-order valence-electron chi connectivity index (χ4n) is 1.90. The van der Waals surface area contributed by atoms with Crippen LogP contribution in [0.3, 0.4) is 0 Å². The number of hydrogen-bond donors (Lipinski definition) is 2. The second kappa shape index (κ2) is 8.71. The Morgan fingerprint density at radius 3 is 2.14 bits per heavy atom. The normalized spacial score (nSPS) is 13.8. The molecule has 2 aromatic rings. The summed E-state index contributed by atoms with van der Waals surface area (Å²) in [5.74, 6) is 0. The molecular formula is C16H20N4O. The Morgan fingerprint density at radius 1 is 1.00 bits per heavy atom. The number of hydrogen-bond acceptors (Lipinski definition) is 3. The van der Waals surface area contributed by atoms with Crippen LogP contribution in [0.2, 0.25) is 0 Å². The second-order valence-corrected chi connectivity index (χ2v) is 4.56. The molecule has 0 saturated carbocycles. The number of carbonyl (C=O) groups excluding carboxylic acids is 1. The lowest BCUT2D eigenvalue weighted by Gasteiger charge is -2.27. The Kier molecular flexibility index (Phi) is 6.22. The van der Waals surface area contributed by atoms with Gasteiger partial charge in [0.2, 0.25) is 0 Å². The van der Waals surface area contributed by atoms with Gasteiger partial charge < -0.3 is 15.5 Å². The number of nitrogens with zero attached hydrogens (tertiary/aromatic N) is 2. The molecule has 0 unspecified atom stereocenters. The fraction of sp³-hybridized carbons (Fsp3) is 0.250. The number of benzene rings is 1. The van der Waals surface area contributed by atoms with Crippen LogP contribution < -0.4 is 10.6 Å². The predicted octanol–water partition coefficient (Wildman–Crippen LogP) is 2.21. The zero-order valence-corrected chi connectivity index (χ0v) is 11.9. The van der Waals surface area contributed by atoms with Gasteiger partial charge in [-0.05, 0) is 24.3 Å². The molecule has 0 aliphatic carbocycles. The number of amides is 2. The number of pyridine rings is 1. The van der Waals surface area contributed by atoms with Crippen LogP contribution in [-0.2, 0) is 0 Å². The quantitative estimate of drug-likeness (QED) is 0.844. The van der Waals surface area contributed by atoms with Crippen molar-refractivity contribution in [1.82, 2.24) is 15.2 Å². The molecule has 2 heterocycles. The van der Waals surface area contributed by atoms with Crippen molar-refractivity contribution in [2.75, 3.05) is 31.5 Å². The molecule has 2 N–H and O–H groups in total. The molecule has 3 rings (SSSR count). The molecule has 0 spiro atoms. The molecule has 1 aliphatic rings. The van der Waals surface area contributed by atoms with E-state index in [1.54, 1.807) is 12.4 Å². The van der Waals surface area contributed by atoms with Gasteiger partial charge in [0.1, 0.15) is 0 Å². The van der Waals surface area contributed by atoms with Gasteiger partial charge in [-0.1, -0.05) is 24.3 Å². The van der Waals surface area contributed by atoms with Crippen LogP contribution in [0, 0.1) is 0 Å². The first kappa shape index (κ1) is 15.0. The topological polar surface area (TPSA) is 57.3 Å². The Hall–Kier alpha value is -2.40. The summed E-state index contributed by atoms with van der Waals surface area (Å²) >= 11 is 0. The average Bonchev–Trinajstić information content (AvgIpc) is 2.59. The number of para-hydroxylation sites is 1. The molecule has 0 atom stereocenters. The van der Waals surface area contributed by atoms with Crippen LogP contribution in [0.1, 0.15) is 0 Å². The van der Waals surface area contributed by atoms with E-state index in [9.17, 15) is 4.79 Å². The summed E-state index contributed by atoms with van der Waals surface area (Å²) in [7, 11) is 0. The Morgan fingerprint density at radius 2 is 1.62 bits per heavy atom. The first-order valence-corrected chi connectivity index (χ1v) is 7.03. The molecule has 1 saturated heterocycles. The molecule has 1 fully saturated rings. The molecule has 0 radical (unpaired) electrons. The molecule has 5 heteroatoms. The highest BCUT2D eigenvalue weighted by atomic mass is 16.2. The zero-order valence-electron chi connectivity index (χ0n) is 11.9. The van der Waals surface area contributed by atoms with Gasteiger partial charge in [-0.3, -0.25) is 4.98 Å². The molecular weight excluding hydrogens is 264 g/mol. The van der Waals surface area contributed by atoms with Crippen molar-refractivity contribution in [1.29, 1.82) is 0 Å². The average molecular weight is 284 g/mol. The number of rotatable bonds is 1. The van der Waals surface area contributed by atoms with Crippen LogP contribution in [0.25, 0.3) is 0 Å². The van der Waals surface area contributed by atoms with E-state index in [1.165, 1.54) is 0 Å². The minimum Gasteiger partial charge on any atom is -0.322 e. The Bertz CT molecular complexity index is 486. The minimum atomic E-state index is -0.0114. The highest BCUT2D eigenvalue weighted by molar-refractivity contribution is 5.89. The predicted molar refractivity (Wildman–Crippen MR) is 84.1 cm³/mol. The van der Waals surface area contributed by atoms with E-state index in [4.69, 9.17) is 0 Å². The molecule has 21 heavy (non-hydrogen) atoms. The van der Waals surface area contributed by atoms with Crippen molar-refractivity contribution < 1.29 is 4.79 Å². The van der Waals surface area contributed by atoms with E-state index in [0.717, 1.165) is 31.9 Å². The third kappa shape index (κ3) is 5.62. The summed E-state index contributed by atoms with van der Waals surface area (Å²) in [4.78, 5) is 17.4. The van der Waals surface area contributed by atoms with Gasteiger partial charge in [-0.2, -0.15) is 0 Å². The van der Waals surface area contributed by atoms with E-state index in [2.05, 4.69) is 15.6 Å². The van der Waals surface area contributed by atoms with E-state index in [0.29, 0.717) is 0 Å². The van der Waals surface area contributed by atoms with Gasteiger partial charge >= 0.3 is 6.03 Å². The van der Waals surface area contributed by atoms with Crippen molar-refractivity contribution in [3.05, 3.63) is 60.9 Å². The Labute approximate surface area is 125 Å². The third-order valence-electron chi connectivity index (χ3n) is 3.00. The maximum Gasteiger partial charge on any atom is 0.321 e. The third-order valence-corrected chi connectivity index (χ3v) is 3.00. The summed E-state index contributed by atoms with van der Waals surface area (Å²) < 4.78 is 0. The van der Waals surface area contributed by atoms with Gasteiger partial charge in [-0.15, -0.1) is 0 Å². The summed E-state index contributed by atoms with van der Waals surface area (Å²) in [5, 5.41) is 6.08. The molecule has 2 amide bonds. The maximum absolute atomic E-state index is 11.8. The van der Waals surface area contributed by atoms with E-state index in [1.807, 2.05) is 53.4 Å². The largest absolute Gasteiger partial charge is 0.322 e. The number of carbonyl (C=O) groups is 1. The van der Waals surface area contributed by atoms with Crippen LogP contribution in [-0.4, -0.2) is 42.1 Å². The van der Waals surface area contributed by atoms with Gasteiger partial charge in [0.15, 0.2) is 0 Å². The number of piperazine rings is 1. The molecule has 1 aromatic heterocycles. The lowest BCUT2D eigenvalue weighted by atomic mass is 10.3. The summed E-state index contributed by atoms with van der Waals surface area (Å²) in [6.45, 7) is 3.31. The molecule has 5 nitrogen and oxygen atoms in total. The van der Waals surface area contributed by atoms with Crippen LogP contribution in [0.5, 0.6) is 0 Å². The molecule has 1 aliphatic heterocycles. The minimum absolute atomic E-state index is 0.0114. The number of anilines is 1. The van der Waals surface area contributed by atoms with Crippen molar-refractivity contribution >= 4 is 11.7 Å². The highest BCUT2D eigenvalue weighted by Crippen LogP contribution is 2.06. The highest BCUT2D eigenvalue weighted by Gasteiger charge is 2.15. The molecule has 1 aromatic carbocycles. The zero-order chi connectivity index (χ0) is 14.8. The molecule has 0 bridgehead atoms. The summed E-state index contributed by atoms with van der Waals surface area (Å²) in [6.07, 6.45) is 3.50. The first-order valence-electron chi connectivity index (χ1n) is 7.03. The fourth-order valence-corrected chi connectivity index (χ4v) is 1.90. The lowest BCUT2D eigenvalue weighted by Crippen LogP contribution is -2.48. The van der Waals surface area contributed by atoms with Gasteiger partial charge in [-0.25, -0.2) is 4.79 Å². The standard InChI is InChI=1S/C11H15N3O.C5H5N/c15-11(14-8-6-12-7-9-14)13-10-4-2-1-3-5-10;1-2-4-6-5-3-1/h1-5,12H,6-9H2,(H,13,15);1-5H. The van der Waals surface area contributed by atoms with E-state index >= 15 is 0 Å². The SMILES string of the molecule is O=C(Nc1ccccc1)N1CCNCC1.c1ccncc1. The van der Waals surface area contributed by atoms with Gasteiger partial charge in [0.05, 0.1) is 0 Å². The van der Waals surface area contributed by atoms with Crippen molar-refractivity contribution in [3.8, 4) is 0 Å². The summed E-state index contributed by atoms with van der Waals surface area (Å²) in [5.41, 5.74) is 0.848. The van der Waals surface area contributed by atoms with Crippen LogP contribution >= 0.6 is 0 Å². The van der Waals surface area contributed by atoms with Crippen molar-refractivity contribution in [2.45, 2.75) is 0 Å². The lowest BCUT2D eigenvalue weighted by molar-refractivity contribution is 0.204.